The highest BCUT2D eigenvalue weighted by Gasteiger charge is 2.32. The zero-order valence-electron chi connectivity index (χ0n) is 19.3. The maximum absolute atomic E-state index is 13.0. The van der Waals surface area contributed by atoms with Crippen molar-refractivity contribution in [3.05, 3.63) is 84.4 Å². The van der Waals surface area contributed by atoms with Crippen molar-refractivity contribution in [2.45, 2.75) is 24.7 Å². The molecule has 1 heterocycles. The Balaban J connectivity index is 1.32. The van der Waals surface area contributed by atoms with Gasteiger partial charge >= 0.3 is 0 Å². The Morgan fingerprint density at radius 3 is 2.11 bits per heavy atom. The van der Waals surface area contributed by atoms with Gasteiger partial charge in [0.05, 0.1) is 16.3 Å². The summed E-state index contributed by atoms with van der Waals surface area (Å²) >= 11 is 0. The first-order valence-corrected chi connectivity index (χ1v) is 12.8. The van der Waals surface area contributed by atoms with Crippen molar-refractivity contribution in [3.63, 3.8) is 0 Å². The SMILES string of the molecule is CC(=O)c1cccc(S(=O)(=O)N2CCC(C(=O)Nc3ccc(N=Nc4ccccc4)cc3)CC2)c1. The summed E-state index contributed by atoms with van der Waals surface area (Å²) in [5.41, 5.74) is 2.42. The standard InChI is InChI=1S/C26H26N4O4S/c1-19(31)21-6-5-9-25(18-21)35(33,34)30-16-14-20(15-17-30)26(32)27-22-10-12-24(13-11-22)29-28-23-7-3-2-4-8-23/h2-13,18,20H,14-17H2,1H3,(H,27,32). The van der Waals surface area contributed by atoms with Crippen molar-refractivity contribution in [1.82, 2.24) is 4.31 Å². The number of rotatable bonds is 7. The fraction of sp³-hybridized carbons (Fsp3) is 0.231. The number of amides is 1. The van der Waals surface area contributed by atoms with Crippen LogP contribution < -0.4 is 5.32 Å². The van der Waals surface area contributed by atoms with Gasteiger partial charge in [0.15, 0.2) is 5.78 Å². The third kappa shape index (κ3) is 6.06. The van der Waals surface area contributed by atoms with Crippen LogP contribution in [-0.4, -0.2) is 37.5 Å². The van der Waals surface area contributed by atoms with Crippen LogP contribution in [0.1, 0.15) is 30.1 Å². The van der Waals surface area contributed by atoms with E-state index in [4.69, 9.17) is 0 Å². The number of carbonyl (C=O) groups excluding carboxylic acids is 2. The monoisotopic (exact) mass is 490 g/mol. The van der Waals surface area contributed by atoms with Crippen molar-refractivity contribution >= 4 is 38.8 Å². The van der Waals surface area contributed by atoms with E-state index in [-0.39, 0.29) is 35.6 Å². The lowest BCUT2D eigenvalue weighted by Crippen LogP contribution is -2.41. The lowest BCUT2D eigenvalue weighted by molar-refractivity contribution is -0.120. The van der Waals surface area contributed by atoms with Crippen LogP contribution in [0.25, 0.3) is 0 Å². The second-order valence-electron chi connectivity index (χ2n) is 8.33. The zero-order chi connectivity index (χ0) is 24.8. The van der Waals surface area contributed by atoms with E-state index >= 15 is 0 Å². The number of piperidine rings is 1. The van der Waals surface area contributed by atoms with E-state index in [0.717, 1.165) is 5.69 Å². The van der Waals surface area contributed by atoms with Gasteiger partial charge < -0.3 is 5.32 Å². The second kappa shape index (κ2) is 10.7. The van der Waals surface area contributed by atoms with E-state index in [1.54, 1.807) is 36.4 Å². The number of nitrogens with one attached hydrogen (secondary N) is 1. The molecule has 1 aliphatic rings. The molecule has 1 fully saturated rings. The Kier molecular flexibility index (Phi) is 7.48. The minimum absolute atomic E-state index is 0.0950. The number of azo groups is 1. The van der Waals surface area contributed by atoms with Gasteiger partial charge in [0, 0.05) is 30.3 Å². The van der Waals surface area contributed by atoms with Crippen LogP contribution in [0.3, 0.4) is 0 Å². The Morgan fingerprint density at radius 1 is 0.857 bits per heavy atom. The van der Waals surface area contributed by atoms with E-state index in [1.165, 1.54) is 23.4 Å². The summed E-state index contributed by atoms with van der Waals surface area (Å²) in [5, 5.41) is 11.3. The van der Waals surface area contributed by atoms with Crippen LogP contribution in [0.5, 0.6) is 0 Å². The highest BCUT2D eigenvalue weighted by Crippen LogP contribution is 2.26. The number of sulfonamides is 1. The van der Waals surface area contributed by atoms with Gasteiger partial charge in [0.1, 0.15) is 0 Å². The molecule has 0 aromatic heterocycles. The summed E-state index contributed by atoms with van der Waals surface area (Å²) in [6, 6.07) is 22.5. The average molecular weight is 491 g/mol. The molecule has 1 saturated heterocycles. The third-order valence-electron chi connectivity index (χ3n) is 5.88. The number of Topliss-reactive ketones (excluding diaryl/α,β-unsaturated/α-hetero) is 1. The molecular formula is C26H26N4O4S. The highest BCUT2D eigenvalue weighted by molar-refractivity contribution is 7.89. The molecular weight excluding hydrogens is 464 g/mol. The molecule has 180 valence electrons. The summed E-state index contributed by atoms with van der Waals surface area (Å²) in [5.74, 6) is -0.619. The molecule has 1 aliphatic heterocycles. The van der Waals surface area contributed by atoms with Crippen LogP contribution >= 0.6 is 0 Å². The molecule has 35 heavy (non-hydrogen) atoms. The second-order valence-corrected chi connectivity index (χ2v) is 10.3. The van der Waals surface area contributed by atoms with Crippen LogP contribution in [0.15, 0.2) is 94.0 Å². The third-order valence-corrected chi connectivity index (χ3v) is 7.77. The van der Waals surface area contributed by atoms with Crippen molar-refractivity contribution in [2.24, 2.45) is 16.1 Å². The fourth-order valence-electron chi connectivity index (χ4n) is 3.85. The molecule has 3 aromatic rings. The Morgan fingerprint density at radius 2 is 1.49 bits per heavy atom. The smallest absolute Gasteiger partial charge is 0.243 e. The minimum atomic E-state index is -3.73. The van der Waals surface area contributed by atoms with E-state index in [0.29, 0.717) is 29.8 Å². The van der Waals surface area contributed by atoms with Gasteiger partial charge in [-0.3, -0.25) is 9.59 Å². The first kappa shape index (κ1) is 24.4. The maximum atomic E-state index is 13.0. The number of ketones is 1. The summed E-state index contributed by atoms with van der Waals surface area (Å²) in [6.45, 7) is 1.88. The van der Waals surface area contributed by atoms with E-state index < -0.39 is 10.0 Å². The van der Waals surface area contributed by atoms with Crippen molar-refractivity contribution < 1.29 is 18.0 Å². The molecule has 0 unspecified atom stereocenters. The summed E-state index contributed by atoms with van der Waals surface area (Å²) in [7, 11) is -3.73. The minimum Gasteiger partial charge on any atom is -0.326 e. The van der Waals surface area contributed by atoms with Crippen LogP contribution in [0.2, 0.25) is 0 Å². The summed E-state index contributed by atoms with van der Waals surface area (Å²) in [4.78, 5) is 24.5. The van der Waals surface area contributed by atoms with Crippen LogP contribution in [0.4, 0.5) is 17.1 Å². The van der Waals surface area contributed by atoms with Crippen LogP contribution in [0, 0.1) is 5.92 Å². The Hall–Kier alpha value is -3.69. The van der Waals surface area contributed by atoms with Gasteiger partial charge in [-0.05, 0) is 68.3 Å². The Bertz CT molecular complexity index is 1330. The van der Waals surface area contributed by atoms with Gasteiger partial charge in [-0.25, -0.2) is 8.42 Å². The van der Waals surface area contributed by atoms with Gasteiger partial charge in [0.25, 0.3) is 0 Å². The normalized spacial score (nSPS) is 15.2. The van der Waals surface area contributed by atoms with E-state index in [9.17, 15) is 18.0 Å². The predicted molar refractivity (Wildman–Crippen MR) is 134 cm³/mol. The van der Waals surface area contributed by atoms with Gasteiger partial charge in [-0.15, -0.1) is 0 Å². The number of carbonyl (C=O) groups is 2. The molecule has 0 radical (unpaired) electrons. The van der Waals surface area contributed by atoms with Crippen LogP contribution in [-0.2, 0) is 14.8 Å². The molecule has 1 amide bonds. The lowest BCUT2D eigenvalue weighted by atomic mass is 9.97. The number of benzene rings is 3. The number of nitrogens with zero attached hydrogens (tertiary/aromatic N) is 3. The van der Waals surface area contributed by atoms with E-state index in [2.05, 4.69) is 15.5 Å². The maximum Gasteiger partial charge on any atom is 0.243 e. The molecule has 1 N–H and O–H groups in total. The molecule has 4 rings (SSSR count). The Labute approximate surface area is 204 Å². The van der Waals surface area contributed by atoms with Gasteiger partial charge in [-0.2, -0.15) is 14.5 Å². The molecule has 8 nitrogen and oxygen atoms in total. The first-order chi connectivity index (χ1) is 16.8. The molecule has 0 atom stereocenters. The zero-order valence-corrected chi connectivity index (χ0v) is 20.1. The average Bonchev–Trinajstić information content (AvgIpc) is 2.89. The predicted octanol–water partition coefficient (Wildman–Crippen LogP) is 5.34. The molecule has 0 spiro atoms. The fourth-order valence-corrected chi connectivity index (χ4v) is 5.36. The van der Waals surface area contributed by atoms with Crippen molar-refractivity contribution in [3.8, 4) is 0 Å². The molecule has 0 saturated carbocycles. The largest absolute Gasteiger partial charge is 0.326 e. The topological polar surface area (TPSA) is 108 Å². The number of hydrogen-bond donors (Lipinski definition) is 1. The lowest BCUT2D eigenvalue weighted by Gasteiger charge is -2.30. The first-order valence-electron chi connectivity index (χ1n) is 11.3. The molecule has 0 bridgehead atoms. The van der Waals surface area contributed by atoms with E-state index in [1.807, 2.05) is 30.3 Å². The van der Waals surface area contributed by atoms with Gasteiger partial charge in [0.2, 0.25) is 15.9 Å². The number of anilines is 1. The molecule has 0 aliphatic carbocycles. The molecule has 9 heteroatoms. The van der Waals surface area contributed by atoms with Crippen molar-refractivity contribution in [1.29, 1.82) is 0 Å². The summed E-state index contributed by atoms with van der Waals surface area (Å²) < 4.78 is 27.4. The quantitative estimate of drug-likeness (QED) is 0.356. The van der Waals surface area contributed by atoms with Gasteiger partial charge in [-0.1, -0.05) is 30.3 Å². The highest BCUT2D eigenvalue weighted by atomic mass is 32.2. The van der Waals surface area contributed by atoms with Crippen molar-refractivity contribution in [2.75, 3.05) is 18.4 Å². The molecule has 3 aromatic carbocycles. The summed E-state index contributed by atoms with van der Waals surface area (Å²) in [6.07, 6.45) is 0.835. The number of hydrogen-bond acceptors (Lipinski definition) is 6.